The van der Waals surface area contributed by atoms with Crippen LogP contribution in [0.5, 0.6) is 0 Å². The summed E-state index contributed by atoms with van der Waals surface area (Å²) in [6.07, 6.45) is 4.70. The number of anilines is 3. The highest BCUT2D eigenvalue weighted by Gasteiger charge is 2.23. The first-order valence-corrected chi connectivity index (χ1v) is 10.7. The van der Waals surface area contributed by atoms with E-state index in [1.807, 2.05) is 6.07 Å². The summed E-state index contributed by atoms with van der Waals surface area (Å²) in [5, 5.41) is 0.493. The maximum Gasteiger partial charge on any atom is 0.269 e. The quantitative estimate of drug-likeness (QED) is 0.507. The highest BCUT2D eigenvalue weighted by Crippen LogP contribution is 2.30. The van der Waals surface area contributed by atoms with Crippen LogP contribution in [0, 0.1) is 5.92 Å². The number of hydrazine groups is 1. The van der Waals surface area contributed by atoms with E-state index in [2.05, 4.69) is 50.0 Å². The molecule has 8 heteroatoms. The van der Waals surface area contributed by atoms with Crippen molar-refractivity contribution >= 4 is 34.8 Å². The number of nitrogen functional groups attached to an aromatic ring is 1. The highest BCUT2D eigenvalue weighted by molar-refractivity contribution is 6.30. The van der Waals surface area contributed by atoms with Gasteiger partial charge < -0.3 is 10.6 Å². The van der Waals surface area contributed by atoms with Crippen molar-refractivity contribution in [2.45, 2.75) is 19.3 Å². The maximum atomic E-state index is 12.3. The van der Waals surface area contributed by atoms with Gasteiger partial charge in [0.2, 0.25) is 0 Å². The highest BCUT2D eigenvalue weighted by atomic mass is 35.5. The van der Waals surface area contributed by atoms with Gasteiger partial charge >= 0.3 is 0 Å². The fourth-order valence-corrected chi connectivity index (χ4v) is 4.04. The summed E-state index contributed by atoms with van der Waals surface area (Å²) in [4.78, 5) is 23.1. The summed E-state index contributed by atoms with van der Waals surface area (Å²) in [5.41, 5.74) is 14.0. The topological polar surface area (TPSA) is 96.2 Å². The van der Waals surface area contributed by atoms with Gasteiger partial charge in [-0.3, -0.25) is 15.6 Å². The average molecular weight is 437 g/mol. The molecule has 4 N–H and O–H groups in total. The van der Waals surface area contributed by atoms with Gasteiger partial charge in [-0.25, -0.2) is 9.97 Å². The third-order valence-corrected chi connectivity index (χ3v) is 5.76. The Morgan fingerprint density at radius 2 is 1.87 bits per heavy atom. The molecule has 1 fully saturated rings. The van der Waals surface area contributed by atoms with Crippen LogP contribution in [-0.2, 0) is 6.42 Å². The summed E-state index contributed by atoms with van der Waals surface area (Å²) < 4.78 is 0. The first-order chi connectivity index (χ1) is 15.1. The third kappa shape index (κ3) is 5.24. The summed E-state index contributed by atoms with van der Waals surface area (Å²) >= 11 is 5.95. The fraction of sp³-hybridized carbons (Fsp3) is 0.261. The standard InChI is InChI=1S/C23H25ClN6O/c24-19-8-4-7-18(14-19)23(31)29-28-21-20(25)22(27-15-26-21)30-11-9-17(10-12-30)13-16-5-2-1-3-6-16/h1-8,14-15,17H,9-13,25H2,(H,29,31)(H,26,27,28). The number of rotatable bonds is 6. The average Bonchev–Trinajstić information content (AvgIpc) is 2.79. The number of hydrogen-bond donors (Lipinski definition) is 3. The second-order valence-electron chi connectivity index (χ2n) is 7.67. The lowest BCUT2D eigenvalue weighted by molar-refractivity contribution is 0.0962. The van der Waals surface area contributed by atoms with E-state index in [0.29, 0.717) is 33.8 Å². The molecule has 2 aromatic carbocycles. The van der Waals surface area contributed by atoms with Gasteiger partial charge in [-0.05, 0) is 48.9 Å². The Bertz CT molecular complexity index is 1040. The number of amides is 1. The molecule has 2 heterocycles. The summed E-state index contributed by atoms with van der Waals surface area (Å²) in [7, 11) is 0. The number of carbonyl (C=O) groups is 1. The van der Waals surface area contributed by atoms with Crippen molar-refractivity contribution in [2.24, 2.45) is 5.92 Å². The van der Waals surface area contributed by atoms with Crippen molar-refractivity contribution in [3.8, 4) is 0 Å². The minimum atomic E-state index is -0.330. The Hall–Kier alpha value is -3.32. The van der Waals surface area contributed by atoms with Gasteiger partial charge in [0.25, 0.3) is 5.91 Å². The van der Waals surface area contributed by atoms with Crippen molar-refractivity contribution in [1.82, 2.24) is 15.4 Å². The van der Waals surface area contributed by atoms with Crippen LogP contribution in [0.25, 0.3) is 0 Å². The minimum absolute atomic E-state index is 0.330. The van der Waals surface area contributed by atoms with Gasteiger partial charge in [-0.2, -0.15) is 0 Å². The Labute approximate surface area is 186 Å². The third-order valence-electron chi connectivity index (χ3n) is 5.53. The largest absolute Gasteiger partial charge is 0.393 e. The Kier molecular flexibility index (Phi) is 6.52. The molecule has 1 saturated heterocycles. The van der Waals surface area contributed by atoms with Gasteiger partial charge in [0.1, 0.15) is 12.0 Å². The van der Waals surface area contributed by atoms with Crippen LogP contribution in [0.15, 0.2) is 60.9 Å². The Morgan fingerprint density at radius 1 is 1.10 bits per heavy atom. The molecule has 1 amide bonds. The first-order valence-electron chi connectivity index (χ1n) is 10.3. The predicted molar refractivity (Wildman–Crippen MR) is 124 cm³/mol. The monoisotopic (exact) mass is 436 g/mol. The summed E-state index contributed by atoms with van der Waals surface area (Å²) in [6, 6.07) is 17.3. The van der Waals surface area contributed by atoms with E-state index >= 15 is 0 Å². The number of nitrogens with two attached hydrogens (primary N) is 1. The van der Waals surface area contributed by atoms with Gasteiger partial charge in [-0.15, -0.1) is 0 Å². The molecule has 0 saturated carbocycles. The minimum Gasteiger partial charge on any atom is -0.393 e. The molecule has 0 aliphatic carbocycles. The normalized spacial score (nSPS) is 14.3. The molecule has 31 heavy (non-hydrogen) atoms. The molecule has 0 atom stereocenters. The van der Waals surface area contributed by atoms with Gasteiger partial charge in [0, 0.05) is 23.7 Å². The lowest BCUT2D eigenvalue weighted by Crippen LogP contribution is -2.36. The van der Waals surface area contributed by atoms with E-state index in [9.17, 15) is 4.79 Å². The molecular formula is C23H25ClN6O. The van der Waals surface area contributed by atoms with Crippen molar-refractivity contribution < 1.29 is 4.79 Å². The van der Waals surface area contributed by atoms with E-state index in [1.54, 1.807) is 24.3 Å². The Morgan fingerprint density at radius 3 is 2.61 bits per heavy atom. The van der Waals surface area contributed by atoms with Gasteiger partial charge in [0.15, 0.2) is 11.6 Å². The number of piperidine rings is 1. The van der Waals surface area contributed by atoms with Crippen molar-refractivity contribution in [3.63, 3.8) is 0 Å². The van der Waals surface area contributed by atoms with Crippen molar-refractivity contribution in [2.75, 3.05) is 29.1 Å². The van der Waals surface area contributed by atoms with E-state index in [4.69, 9.17) is 17.3 Å². The van der Waals surface area contributed by atoms with E-state index < -0.39 is 0 Å². The number of hydrogen-bond acceptors (Lipinski definition) is 6. The zero-order chi connectivity index (χ0) is 21.6. The molecule has 4 rings (SSSR count). The van der Waals surface area contributed by atoms with Crippen LogP contribution in [0.3, 0.4) is 0 Å². The molecule has 7 nitrogen and oxygen atoms in total. The molecule has 1 aromatic heterocycles. The van der Waals surface area contributed by atoms with E-state index in [1.165, 1.54) is 11.9 Å². The molecule has 1 aliphatic heterocycles. The zero-order valence-electron chi connectivity index (χ0n) is 17.1. The smallest absolute Gasteiger partial charge is 0.269 e. The lowest BCUT2D eigenvalue weighted by atomic mass is 9.90. The van der Waals surface area contributed by atoms with Crippen LogP contribution in [-0.4, -0.2) is 29.0 Å². The van der Waals surface area contributed by atoms with Crippen molar-refractivity contribution in [3.05, 3.63) is 77.1 Å². The molecular weight excluding hydrogens is 412 g/mol. The van der Waals surface area contributed by atoms with E-state index in [0.717, 1.165) is 32.4 Å². The maximum absolute atomic E-state index is 12.3. The van der Waals surface area contributed by atoms with E-state index in [-0.39, 0.29) is 5.91 Å². The zero-order valence-corrected chi connectivity index (χ0v) is 17.8. The van der Waals surface area contributed by atoms with Crippen LogP contribution >= 0.6 is 11.6 Å². The van der Waals surface area contributed by atoms with Gasteiger partial charge in [0.05, 0.1) is 0 Å². The van der Waals surface area contributed by atoms with Crippen molar-refractivity contribution in [1.29, 1.82) is 0 Å². The number of nitrogens with zero attached hydrogens (tertiary/aromatic N) is 3. The Balaban J connectivity index is 1.36. The number of carbonyl (C=O) groups excluding carboxylic acids is 1. The number of halogens is 1. The number of aromatic nitrogens is 2. The molecule has 0 radical (unpaired) electrons. The molecule has 0 unspecified atom stereocenters. The lowest BCUT2D eigenvalue weighted by Gasteiger charge is -2.33. The molecule has 0 bridgehead atoms. The fourth-order valence-electron chi connectivity index (χ4n) is 3.85. The second kappa shape index (κ2) is 9.66. The number of nitrogens with one attached hydrogen (secondary N) is 2. The second-order valence-corrected chi connectivity index (χ2v) is 8.11. The van der Waals surface area contributed by atoms with Crippen LogP contribution < -0.4 is 21.5 Å². The van der Waals surface area contributed by atoms with Crippen LogP contribution in [0.1, 0.15) is 28.8 Å². The molecule has 1 aliphatic rings. The van der Waals surface area contributed by atoms with Crippen LogP contribution in [0.4, 0.5) is 17.3 Å². The summed E-state index contributed by atoms with van der Waals surface area (Å²) in [5.74, 6) is 1.37. The SMILES string of the molecule is Nc1c(NNC(=O)c2cccc(Cl)c2)ncnc1N1CCC(Cc2ccccc2)CC1. The molecule has 0 spiro atoms. The first kappa shape index (κ1) is 20.9. The molecule has 160 valence electrons. The van der Waals surface area contributed by atoms with Crippen LogP contribution in [0.2, 0.25) is 5.02 Å². The summed E-state index contributed by atoms with van der Waals surface area (Å²) in [6.45, 7) is 1.76. The predicted octanol–water partition coefficient (Wildman–Crippen LogP) is 3.93. The van der Waals surface area contributed by atoms with Gasteiger partial charge in [-0.1, -0.05) is 48.0 Å². The number of benzene rings is 2. The molecule has 3 aromatic rings.